The van der Waals surface area contributed by atoms with Crippen LogP contribution in [-0.4, -0.2) is 31.3 Å². The van der Waals surface area contributed by atoms with Gasteiger partial charge in [0.15, 0.2) is 0 Å². The van der Waals surface area contributed by atoms with Crippen molar-refractivity contribution < 1.29 is 51.8 Å². The third kappa shape index (κ3) is 22.9. The summed E-state index contributed by atoms with van der Waals surface area (Å²) in [5.41, 5.74) is -0.0790. The predicted octanol–water partition coefficient (Wildman–Crippen LogP) is 2.06. The summed E-state index contributed by atoms with van der Waals surface area (Å²) in [6, 6.07) is 0. The maximum Gasteiger partial charge on any atom is 0.306 e. The molecule has 0 aliphatic carbocycles. The molecule has 0 unspecified atom stereocenters. The van der Waals surface area contributed by atoms with Crippen molar-refractivity contribution in [2.75, 3.05) is 13.2 Å². The minimum Gasteiger partial charge on any atom is -0.540 e. The molecule has 0 rings (SSSR count). The first-order valence-electron chi connectivity index (χ1n) is 6.12. The van der Waals surface area contributed by atoms with Crippen LogP contribution in [0.25, 0.3) is 0 Å². The Bertz CT molecular complexity index is 262. The van der Waals surface area contributed by atoms with Crippen LogP contribution in [0.15, 0.2) is 0 Å². The van der Waals surface area contributed by atoms with Crippen molar-refractivity contribution in [1.82, 2.24) is 5.32 Å². The number of hydrogen-bond donors (Lipinski definition) is 1. The molecule has 0 saturated carbocycles. The van der Waals surface area contributed by atoms with Crippen LogP contribution in [-0.2, 0) is 51.8 Å². The van der Waals surface area contributed by atoms with Crippen molar-refractivity contribution in [2.24, 2.45) is 5.41 Å². The van der Waals surface area contributed by atoms with Crippen LogP contribution in [0.1, 0.15) is 47.5 Å². The van der Waals surface area contributed by atoms with Gasteiger partial charge in [-0.25, -0.2) is 6.29 Å². The van der Waals surface area contributed by atoms with E-state index in [0.717, 1.165) is 0 Å². The van der Waals surface area contributed by atoms with Gasteiger partial charge in [0.25, 0.3) is 0 Å². The Morgan fingerprint density at radius 3 is 2.05 bits per heavy atom. The summed E-state index contributed by atoms with van der Waals surface area (Å²) < 4.78 is 4.97. The quantitative estimate of drug-likeness (QED) is 0.580. The van der Waals surface area contributed by atoms with Crippen molar-refractivity contribution in [3.63, 3.8) is 0 Å². The molecule has 0 spiro atoms. The fourth-order valence-electron chi connectivity index (χ4n) is 0.808. The average Bonchev–Trinajstić information content (AvgIpc) is 2.32. The van der Waals surface area contributed by atoms with E-state index in [1.165, 1.54) is 6.29 Å². The molecule has 1 N–H and O–H groups in total. The maximum atomic E-state index is 11.2. The molecule has 0 heterocycles. The largest absolute Gasteiger partial charge is 0.540 e. The topological polar surface area (TPSA) is 72.5 Å². The van der Waals surface area contributed by atoms with Gasteiger partial charge in [-0.3, -0.25) is 9.59 Å². The van der Waals surface area contributed by atoms with Crippen LogP contribution in [0, 0.1) is 12.8 Å². The number of esters is 1. The summed E-state index contributed by atoms with van der Waals surface area (Å²) in [4.78, 5) is 32.0. The Morgan fingerprint density at radius 1 is 1.15 bits per heavy atom. The Morgan fingerprint density at radius 2 is 1.65 bits per heavy atom. The molecule has 6 heteroatoms. The fourth-order valence-corrected chi connectivity index (χ4v) is 0.808. The fraction of sp³-hybridized carbons (Fsp3) is 0.714. The summed E-state index contributed by atoms with van der Waals surface area (Å²) in [5.74, 6) is -0.754. The maximum absolute atomic E-state index is 11.2. The van der Waals surface area contributed by atoms with Gasteiger partial charge in [-0.15, -0.1) is 0 Å². The number of carbonyl (C=O) groups excluding carboxylic acids is 3. The minimum absolute atomic E-state index is 0. The Balaban J connectivity index is -0.000000304. The van der Waals surface area contributed by atoms with Gasteiger partial charge in [0.2, 0.25) is 5.91 Å². The molecule has 0 fully saturated rings. The first-order chi connectivity index (χ1) is 8.35. The summed E-state index contributed by atoms with van der Waals surface area (Å²) in [6.45, 7) is 10.0. The van der Waals surface area contributed by atoms with Gasteiger partial charge in [0.05, 0.1) is 13.0 Å². The van der Waals surface area contributed by atoms with Crippen LogP contribution in [0.3, 0.4) is 0 Å². The molecule has 0 aromatic heterocycles. The smallest absolute Gasteiger partial charge is 0.306 e. The van der Waals surface area contributed by atoms with Crippen molar-refractivity contribution in [3.8, 4) is 0 Å². The molecule has 20 heavy (non-hydrogen) atoms. The molecule has 0 aromatic rings. The van der Waals surface area contributed by atoms with Gasteiger partial charge in [-0.05, 0) is 5.41 Å². The summed E-state index contributed by atoms with van der Waals surface area (Å²) >= 11 is 0. The zero-order valence-corrected chi connectivity index (χ0v) is 16.4. The predicted molar refractivity (Wildman–Crippen MR) is 76.1 cm³/mol. The first kappa shape index (κ1) is 28.0. The summed E-state index contributed by atoms with van der Waals surface area (Å²) in [5, 5.41) is 2.29. The third-order valence-corrected chi connectivity index (χ3v) is 1.58. The first-order valence-corrected chi connectivity index (χ1v) is 6.12. The van der Waals surface area contributed by atoms with Gasteiger partial charge >= 0.3 is 5.97 Å². The molecule has 1 radical (unpaired) electrons. The normalized spacial score (nSPS) is 8.85. The Labute approximate surface area is 148 Å². The van der Waals surface area contributed by atoms with Crippen molar-refractivity contribution in [2.45, 2.75) is 47.5 Å². The Hall–Kier alpha value is -0.286. The van der Waals surface area contributed by atoms with E-state index in [1.807, 2.05) is 34.6 Å². The minimum atomic E-state index is -0.403. The van der Waals surface area contributed by atoms with Crippen LogP contribution >= 0.6 is 0 Å². The molecule has 0 saturated heterocycles. The molecule has 0 aromatic carbocycles. The number of nitrogens with one attached hydrogen (secondary N) is 1. The van der Waals surface area contributed by atoms with Crippen molar-refractivity contribution >= 4 is 18.2 Å². The van der Waals surface area contributed by atoms with Gasteiger partial charge < -0.3 is 22.3 Å². The molecule has 0 aliphatic heterocycles. The van der Waals surface area contributed by atoms with Gasteiger partial charge in [0.1, 0.15) is 0 Å². The standard InChI is InChI=1S/C11H18NO4.C2H6.CH3.Y/c1-11(2,3)8-16-10(15)5-4-9(14)12-6-7-13;1-2;;/h4-6,8H2,1-3H3,(H,12,14);1-2H3;1H3;/q-1;;-1;. The SMILES string of the molecule is CC.CC(C)(C)COC(=O)CCC(=O)NC[C-]=O.[CH3-].[Y]. The number of carbonyl (C=O) groups is 2. The number of ether oxygens (including phenoxy) is 1. The van der Waals surface area contributed by atoms with Crippen molar-refractivity contribution in [3.05, 3.63) is 7.43 Å². The number of hydrogen-bond acceptors (Lipinski definition) is 4. The second-order valence-electron chi connectivity index (χ2n) is 4.64. The van der Waals surface area contributed by atoms with Gasteiger partial charge in [-0.2, -0.15) is 0 Å². The number of rotatable bonds is 6. The van der Waals surface area contributed by atoms with E-state index in [9.17, 15) is 14.4 Å². The van der Waals surface area contributed by atoms with E-state index in [2.05, 4.69) is 5.32 Å². The molecule has 1 amide bonds. The van der Waals surface area contributed by atoms with Gasteiger partial charge in [-0.1, -0.05) is 41.2 Å². The van der Waals surface area contributed by atoms with Crippen LogP contribution in [0.2, 0.25) is 0 Å². The van der Waals surface area contributed by atoms with Gasteiger partial charge in [0, 0.05) is 39.1 Å². The average molecular weight is 362 g/mol. The van der Waals surface area contributed by atoms with E-state index in [1.54, 1.807) is 0 Å². The monoisotopic (exact) mass is 362 g/mol. The Kier molecular flexibility index (Phi) is 23.4. The van der Waals surface area contributed by atoms with E-state index < -0.39 is 5.97 Å². The molecule has 5 nitrogen and oxygen atoms in total. The summed E-state index contributed by atoms with van der Waals surface area (Å²) in [6.07, 6.45) is 1.59. The van der Waals surface area contributed by atoms with Crippen LogP contribution in [0.5, 0.6) is 0 Å². The molecule has 0 atom stereocenters. The second kappa shape index (κ2) is 16.8. The third-order valence-electron chi connectivity index (χ3n) is 1.58. The van der Waals surface area contributed by atoms with Crippen LogP contribution in [0.4, 0.5) is 0 Å². The van der Waals surface area contributed by atoms with Crippen molar-refractivity contribution in [1.29, 1.82) is 0 Å². The molecule has 117 valence electrons. The molecular weight excluding hydrogens is 335 g/mol. The molecular formula is C14H27NO4Y-2. The molecule has 0 bridgehead atoms. The van der Waals surface area contributed by atoms with E-state index in [4.69, 9.17) is 4.74 Å². The second-order valence-corrected chi connectivity index (χ2v) is 4.64. The number of amides is 1. The zero-order valence-electron chi connectivity index (χ0n) is 13.5. The molecule has 0 aliphatic rings. The van der Waals surface area contributed by atoms with E-state index in [0.29, 0.717) is 6.61 Å². The van der Waals surface area contributed by atoms with E-state index >= 15 is 0 Å². The van der Waals surface area contributed by atoms with E-state index in [-0.39, 0.29) is 70.8 Å². The summed E-state index contributed by atoms with van der Waals surface area (Å²) in [7, 11) is 0. The van der Waals surface area contributed by atoms with Crippen LogP contribution < -0.4 is 5.32 Å². The zero-order chi connectivity index (χ0) is 14.6.